The fraction of sp³-hybridized carbons (Fsp3) is 0.0952. The Balaban J connectivity index is 1.66. The summed E-state index contributed by atoms with van der Waals surface area (Å²) < 4.78 is 0. The number of nitrogens with zero attached hydrogens (tertiary/aromatic N) is 1. The molecule has 0 spiro atoms. The molecule has 2 atom stereocenters. The lowest BCUT2D eigenvalue weighted by atomic mass is 9.96. The standard InChI is InChI=1S/C21H17N3O2/c22-21(23)24(19(25)17-11-9-13-5-1-3-7-15(13)17)20(26)18-12-10-14-6-2-4-8-16(14)18/h1-12,17-18H,(H3,22,23). The number of amides is 2. The fourth-order valence-electron chi connectivity index (χ4n) is 3.55. The highest BCUT2D eigenvalue weighted by Crippen LogP contribution is 2.34. The van der Waals surface area contributed by atoms with Crippen molar-refractivity contribution in [2.45, 2.75) is 11.8 Å². The number of imide groups is 1. The summed E-state index contributed by atoms with van der Waals surface area (Å²) in [7, 11) is 0. The average Bonchev–Trinajstić information content (AvgIpc) is 3.25. The second-order valence-corrected chi connectivity index (χ2v) is 6.33. The van der Waals surface area contributed by atoms with Crippen molar-refractivity contribution in [3.8, 4) is 0 Å². The van der Waals surface area contributed by atoms with E-state index in [0.717, 1.165) is 27.2 Å². The van der Waals surface area contributed by atoms with Gasteiger partial charge in [-0.2, -0.15) is 0 Å². The summed E-state index contributed by atoms with van der Waals surface area (Å²) in [6.45, 7) is 0. The van der Waals surface area contributed by atoms with E-state index in [-0.39, 0.29) is 0 Å². The minimum atomic E-state index is -0.611. The van der Waals surface area contributed by atoms with Crippen molar-refractivity contribution in [2.24, 2.45) is 5.73 Å². The first-order valence-electron chi connectivity index (χ1n) is 8.34. The molecule has 2 amide bonds. The minimum Gasteiger partial charge on any atom is -0.369 e. The molecule has 2 aliphatic rings. The van der Waals surface area contributed by atoms with Crippen LogP contribution in [-0.4, -0.2) is 22.7 Å². The van der Waals surface area contributed by atoms with Gasteiger partial charge in [0.15, 0.2) is 0 Å². The first-order valence-corrected chi connectivity index (χ1v) is 8.34. The normalized spacial score (nSPS) is 19.1. The maximum absolute atomic E-state index is 13.1. The van der Waals surface area contributed by atoms with Crippen molar-refractivity contribution in [1.29, 1.82) is 5.41 Å². The van der Waals surface area contributed by atoms with Crippen LogP contribution in [0, 0.1) is 5.41 Å². The van der Waals surface area contributed by atoms with Gasteiger partial charge in [0.2, 0.25) is 17.8 Å². The van der Waals surface area contributed by atoms with E-state index in [9.17, 15) is 9.59 Å². The van der Waals surface area contributed by atoms with Crippen LogP contribution in [-0.2, 0) is 9.59 Å². The van der Waals surface area contributed by atoms with E-state index in [0.29, 0.717) is 0 Å². The zero-order valence-corrected chi connectivity index (χ0v) is 13.9. The Hall–Kier alpha value is -3.47. The molecule has 2 aromatic carbocycles. The first-order chi connectivity index (χ1) is 12.6. The van der Waals surface area contributed by atoms with Gasteiger partial charge in [-0.05, 0) is 22.3 Å². The van der Waals surface area contributed by atoms with Crippen LogP contribution in [0.2, 0.25) is 0 Å². The molecule has 0 heterocycles. The second kappa shape index (κ2) is 6.11. The third-order valence-electron chi connectivity index (χ3n) is 4.81. The monoisotopic (exact) mass is 343 g/mol. The van der Waals surface area contributed by atoms with Crippen molar-refractivity contribution in [1.82, 2.24) is 4.90 Å². The summed E-state index contributed by atoms with van der Waals surface area (Å²) in [6, 6.07) is 15.0. The lowest BCUT2D eigenvalue weighted by Gasteiger charge is -2.25. The third kappa shape index (κ3) is 2.45. The molecule has 26 heavy (non-hydrogen) atoms. The Morgan fingerprint density at radius 3 is 1.65 bits per heavy atom. The highest BCUT2D eigenvalue weighted by atomic mass is 16.2. The van der Waals surface area contributed by atoms with Gasteiger partial charge in [0.25, 0.3) is 0 Å². The number of benzene rings is 2. The smallest absolute Gasteiger partial charge is 0.247 e. The number of nitrogens with one attached hydrogen (secondary N) is 1. The van der Waals surface area contributed by atoms with Crippen molar-refractivity contribution >= 4 is 29.9 Å². The van der Waals surface area contributed by atoms with Crippen molar-refractivity contribution < 1.29 is 9.59 Å². The van der Waals surface area contributed by atoms with Gasteiger partial charge >= 0.3 is 0 Å². The van der Waals surface area contributed by atoms with Gasteiger partial charge in [0.1, 0.15) is 0 Å². The van der Waals surface area contributed by atoms with Crippen LogP contribution in [0.15, 0.2) is 60.7 Å². The topological polar surface area (TPSA) is 87.2 Å². The Morgan fingerprint density at radius 1 is 0.808 bits per heavy atom. The van der Waals surface area contributed by atoms with Crippen LogP contribution in [0.4, 0.5) is 0 Å². The van der Waals surface area contributed by atoms with Crippen LogP contribution in [0.3, 0.4) is 0 Å². The summed E-state index contributed by atoms with van der Waals surface area (Å²) in [6.07, 6.45) is 7.19. The largest absolute Gasteiger partial charge is 0.369 e. The zero-order valence-electron chi connectivity index (χ0n) is 13.9. The summed E-state index contributed by atoms with van der Waals surface area (Å²) in [5, 5.41) is 7.82. The number of hydrogen-bond acceptors (Lipinski definition) is 3. The number of carbonyl (C=O) groups is 2. The Bertz CT molecular complexity index is 917. The highest BCUT2D eigenvalue weighted by Gasteiger charge is 2.37. The minimum absolute atomic E-state index is 0.499. The van der Waals surface area contributed by atoms with Crippen LogP contribution in [0.25, 0.3) is 12.2 Å². The molecule has 3 N–H and O–H groups in total. The second-order valence-electron chi connectivity index (χ2n) is 6.33. The van der Waals surface area contributed by atoms with E-state index in [1.165, 1.54) is 0 Å². The molecule has 0 fully saturated rings. The molecular weight excluding hydrogens is 326 g/mol. The van der Waals surface area contributed by atoms with Gasteiger partial charge in [-0.1, -0.05) is 72.8 Å². The Kier molecular flexibility index (Phi) is 3.77. The molecule has 2 aliphatic carbocycles. The lowest BCUT2D eigenvalue weighted by molar-refractivity contribution is -0.140. The highest BCUT2D eigenvalue weighted by molar-refractivity contribution is 6.16. The molecule has 0 saturated heterocycles. The summed E-state index contributed by atoms with van der Waals surface area (Å²) >= 11 is 0. The molecule has 4 rings (SSSR count). The molecule has 0 radical (unpaired) electrons. The van der Waals surface area contributed by atoms with Crippen LogP contribution < -0.4 is 5.73 Å². The molecule has 0 aliphatic heterocycles. The molecule has 0 saturated carbocycles. The summed E-state index contributed by atoms with van der Waals surface area (Å²) in [5.41, 5.74) is 9.15. The number of hydrogen-bond donors (Lipinski definition) is 2. The predicted octanol–water partition coefficient (Wildman–Crippen LogP) is 2.86. The summed E-state index contributed by atoms with van der Waals surface area (Å²) in [4.78, 5) is 26.9. The van der Waals surface area contributed by atoms with Gasteiger partial charge in [0.05, 0.1) is 11.8 Å². The molecule has 2 unspecified atom stereocenters. The number of fused-ring (bicyclic) bond motifs is 2. The van der Waals surface area contributed by atoms with E-state index in [4.69, 9.17) is 11.1 Å². The SMILES string of the molecule is N=C(N)N(C(=O)C1C=Cc2ccccc21)C(=O)C1C=Cc2ccccc21. The Morgan fingerprint density at radius 2 is 1.23 bits per heavy atom. The van der Waals surface area contributed by atoms with E-state index >= 15 is 0 Å². The van der Waals surface area contributed by atoms with Gasteiger partial charge < -0.3 is 5.73 Å². The van der Waals surface area contributed by atoms with Crippen molar-refractivity contribution in [2.75, 3.05) is 0 Å². The summed E-state index contributed by atoms with van der Waals surface area (Å²) in [5.74, 6) is -2.78. The molecular formula is C21H17N3O2. The predicted molar refractivity (Wildman–Crippen MR) is 100 cm³/mol. The van der Waals surface area contributed by atoms with Crippen LogP contribution in [0.5, 0.6) is 0 Å². The quantitative estimate of drug-likeness (QED) is 0.499. The lowest BCUT2D eigenvalue weighted by Crippen LogP contribution is -2.48. The molecule has 0 bridgehead atoms. The number of guanidine groups is 1. The first kappa shape index (κ1) is 16.0. The van der Waals surface area contributed by atoms with Gasteiger partial charge in [-0.3, -0.25) is 15.0 Å². The number of rotatable bonds is 2. The Labute approximate surface area is 150 Å². The molecule has 5 heteroatoms. The van der Waals surface area contributed by atoms with Crippen molar-refractivity contribution in [3.63, 3.8) is 0 Å². The molecule has 128 valence electrons. The van der Waals surface area contributed by atoms with Crippen molar-refractivity contribution in [3.05, 3.63) is 82.9 Å². The molecule has 2 aromatic rings. The van der Waals surface area contributed by atoms with E-state index < -0.39 is 29.6 Å². The zero-order chi connectivity index (χ0) is 18.3. The van der Waals surface area contributed by atoms with Crippen LogP contribution in [0.1, 0.15) is 34.1 Å². The maximum atomic E-state index is 13.1. The van der Waals surface area contributed by atoms with Gasteiger partial charge in [-0.25, -0.2) is 4.90 Å². The van der Waals surface area contributed by atoms with Gasteiger partial charge in [-0.15, -0.1) is 0 Å². The number of nitrogens with two attached hydrogens (primary N) is 1. The third-order valence-corrected chi connectivity index (χ3v) is 4.81. The average molecular weight is 343 g/mol. The van der Waals surface area contributed by atoms with E-state index in [1.54, 1.807) is 12.2 Å². The molecule has 5 nitrogen and oxygen atoms in total. The van der Waals surface area contributed by atoms with E-state index in [2.05, 4.69) is 0 Å². The fourth-order valence-corrected chi connectivity index (χ4v) is 3.55. The van der Waals surface area contributed by atoms with Gasteiger partial charge in [0, 0.05) is 0 Å². The van der Waals surface area contributed by atoms with E-state index in [1.807, 2.05) is 60.7 Å². The van der Waals surface area contributed by atoms with Crippen LogP contribution >= 0.6 is 0 Å². The molecule has 0 aromatic heterocycles. The maximum Gasteiger partial charge on any atom is 0.247 e. The number of carbonyl (C=O) groups excluding carboxylic acids is 2.